The molecule has 31 heavy (non-hydrogen) atoms. The number of rotatable bonds is 5. The highest BCUT2D eigenvalue weighted by Gasteiger charge is 2.19. The van der Waals surface area contributed by atoms with E-state index in [1.54, 1.807) is 16.8 Å². The third kappa shape index (κ3) is 3.69. The van der Waals surface area contributed by atoms with Crippen LogP contribution in [-0.4, -0.2) is 19.7 Å². The summed E-state index contributed by atoms with van der Waals surface area (Å²) in [6.07, 6.45) is 0. The Hall–Kier alpha value is -4.26. The van der Waals surface area contributed by atoms with E-state index in [9.17, 15) is 4.39 Å². The van der Waals surface area contributed by atoms with Crippen molar-refractivity contribution >= 4 is 22.8 Å². The van der Waals surface area contributed by atoms with E-state index in [2.05, 4.69) is 15.4 Å². The molecule has 5 aromatic rings. The van der Waals surface area contributed by atoms with Gasteiger partial charge < -0.3 is 11.1 Å². The highest BCUT2D eigenvalue weighted by molar-refractivity contribution is 5.99. The molecular formula is C24H19FN6. The zero-order valence-electron chi connectivity index (χ0n) is 16.5. The summed E-state index contributed by atoms with van der Waals surface area (Å²) < 4.78 is 14.9. The second-order valence-electron chi connectivity index (χ2n) is 7.07. The van der Waals surface area contributed by atoms with Crippen LogP contribution in [0.1, 0.15) is 5.56 Å². The fourth-order valence-electron chi connectivity index (χ4n) is 3.45. The molecule has 0 atom stereocenters. The average molecular weight is 410 g/mol. The predicted molar refractivity (Wildman–Crippen MR) is 120 cm³/mol. The number of aromatic nitrogens is 4. The molecule has 0 aliphatic heterocycles. The number of hydrogen-bond acceptors (Lipinski definition) is 5. The lowest BCUT2D eigenvalue weighted by Gasteiger charge is -2.09. The summed E-state index contributed by atoms with van der Waals surface area (Å²) in [5, 5.41) is 8.52. The van der Waals surface area contributed by atoms with Gasteiger partial charge in [-0.25, -0.2) is 14.1 Å². The van der Waals surface area contributed by atoms with Crippen molar-refractivity contribution in [1.29, 1.82) is 0 Å². The molecule has 0 saturated heterocycles. The van der Waals surface area contributed by atoms with Gasteiger partial charge in [-0.3, -0.25) is 0 Å². The van der Waals surface area contributed by atoms with E-state index in [0.717, 1.165) is 11.1 Å². The molecule has 2 heterocycles. The Morgan fingerprint density at radius 1 is 0.839 bits per heavy atom. The molecule has 0 saturated carbocycles. The summed E-state index contributed by atoms with van der Waals surface area (Å²) in [7, 11) is 0. The largest absolute Gasteiger partial charge is 0.383 e. The van der Waals surface area contributed by atoms with E-state index in [1.165, 1.54) is 12.1 Å². The summed E-state index contributed by atoms with van der Waals surface area (Å²) >= 11 is 0. The molecule has 0 bridgehead atoms. The standard InChI is InChI=1S/C24H19FN6/c25-18-11-13-19(14-12-18)31-22(26)20-21(17-9-5-2-6-10-17)28-24(29-23(20)30-31)27-15-16-7-3-1-4-8-16/h1-14H,15,26H2,(H,27,29,30). The van der Waals surface area contributed by atoms with Crippen LogP contribution in [0.5, 0.6) is 0 Å². The fourth-order valence-corrected chi connectivity index (χ4v) is 3.45. The SMILES string of the molecule is Nc1c2c(-c3ccccc3)nc(NCc3ccccc3)nc2nn1-c1ccc(F)cc1. The first-order chi connectivity index (χ1) is 15.2. The zero-order chi connectivity index (χ0) is 21.2. The molecule has 0 unspecified atom stereocenters. The number of nitrogens with two attached hydrogens (primary N) is 1. The number of nitrogens with one attached hydrogen (secondary N) is 1. The van der Waals surface area contributed by atoms with E-state index in [0.29, 0.717) is 40.7 Å². The summed E-state index contributed by atoms with van der Waals surface area (Å²) in [5.41, 5.74) is 10.3. The molecule has 0 aliphatic rings. The van der Waals surface area contributed by atoms with Crippen molar-refractivity contribution < 1.29 is 4.39 Å². The third-order valence-corrected chi connectivity index (χ3v) is 4.98. The van der Waals surface area contributed by atoms with Crippen LogP contribution in [-0.2, 0) is 6.54 Å². The first-order valence-corrected chi connectivity index (χ1v) is 9.84. The van der Waals surface area contributed by atoms with Crippen molar-refractivity contribution in [1.82, 2.24) is 19.7 Å². The molecule has 7 heteroatoms. The van der Waals surface area contributed by atoms with Crippen LogP contribution in [0, 0.1) is 5.82 Å². The number of nitrogen functional groups attached to an aromatic ring is 1. The summed E-state index contributed by atoms with van der Waals surface area (Å²) in [4.78, 5) is 9.35. The van der Waals surface area contributed by atoms with Gasteiger partial charge in [-0.15, -0.1) is 5.10 Å². The van der Waals surface area contributed by atoms with Crippen LogP contribution in [0.2, 0.25) is 0 Å². The van der Waals surface area contributed by atoms with Crippen molar-refractivity contribution in [3.63, 3.8) is 0 Å². The maximum Gasteiger partial charge on any atom is 0.225 e. The van der Waals surface area contributed by atoms with Gasteiger partial charge in [0.05, 0.1) is 16.8 Å². The van der Waals surface area contributed by atoms with Gasteiger partial charge in [0.25, 0.3) is 0 Å². The maximum absolute atomic E-state index is 13.4. The summed E-state index contributed by atoms with van der Waals surface area (Å²) in [5.74, 6) is 0.533. The second kappa shape index (κ2) is 7.87. The van der Waals surface area contributed by atoms with E-state index in [4.69, 9.17) is 10.7 Å². The first kappa shape index (κ1) is 18.7. The van der Waals surface area contributed by atoms with Gasteiger partial charge in [-0.1, -0.05) is 60.7 Å². The zero-order valence-corrected chi connectivity index (χ0v) is 16.5. The van der Waals surface area contributed by atoms with Crippen molar-refractivity contribution in [3.8, 4) is 16.9 Å². The minimum Gasteiger partial charge on any atom is -0.383 e. The van der Waals surface area contributed by atoms with Crippen LogP contribution in [0.3, 0.4) is 0 Å². The molecule has 152 valence electrons. The quantitative estimate of drug-likeness (QED) is 0.434. The Morgan fingerprint density at radius 3 is 2.23 bits per heavy atom. The van der Waals surface area contributed by atoms with Gasteiger partial charge >= 0.3 is 0 Å². The van der Waals surface area contributed by atoms with E-state index >= 15 is 0 Å². The number of fused-ring (bicyclic) bond motifs is 1. The predicted octanol–water partition coefficient (Wildman–Crippen LogP) is 4.82. The van der Waals surface area contributed by atoms with E-state index in [1.807, 2.05) is 60.7 Å². The van der Waals surface area contributed by atoms with Gasteiger partial charge in [0.15, 0.2) is 5.65 Å². The Labute approximate surface area is 178 Å². The molecule has 3 aromatic carbocycles. The number of nitrogens with zero attached hydrogens (tertiary/aromatic N) is 4. The Bertz CT molecular complexity index is 1330. The highest BCUT2D eigenvalue weighted by atomic mass is 19.1. The topological polar surface area (TPSA) is 81.7 Å². The maximum atomic E-state index is 13.4. The van der Waals surface area contributed by atoms with Gasteiger partial charge in [-0.05, 0) is 29.8 Å². The van der Waals surface area contributed by atoms with Crippen molar-refractivity contribution in [2.24, 2.45) is 0 Å². The number of anilines is 2. The normalized spacial score (nSPS) is 11.0. The number of hydrogen-bond donors (Lipinski definition) is 2. The smallest absolute Gasteiger partial charge is 0.225 e. The minimum absolute atomic E-state index is 0.323. The van der Waals surface area contributed by atoms with E-state index in [-0.39, 0.29) is 5.82 Å². The lowest BCUT2D eigenvalue weighted by molar-refractivity contribution is 0.627. The summed E-state index contributed by atoms with van der Waals surface area (Å²) in [6, 6.07) is 25.8. The Balaban J connectivity index is 1.64. The van der Waals surface area contributed by atoms with Crippen molar-refractivity contribution in [2.45, 2.75) is 6.54 Å². The van der Waals surface area contributed by atoms with Gasteiger partial charge in [0, 0.05) is 12.1 Å². The summed E-state index contributed by atoms with van der Waals surface area (Å²) in [6.45, 7) is 0.578. The Kier molecular flexibility index (Phi) is 4.76. The van der Waals surface area contributed by atoms with E-state index < -0.39 is 0 Å². The van der Waals surface area contributed by atoms with Gasteiger partial charge in [-0.2, -0.15) is 4.98 Å². The first-order valence-electron chi connectivity index (χ1n) is 9.84. The van der Waals surface area contributed by atoms with Crippen LogP contribution >= 0.6 is 0 Å². The molecular weight excluding hydrogens is 391 g/mol. The Morgan fingerprint density at radius 2 is 1.52 bits per heavy atom. The molecule has 3 N–H and O–H groups in total. The van der Waals surface area contributed by atoms with Crippen LogP contribution in [0.25, 0.3) is 28.0 Å². The van der Waals surface area contributed by atoms with Crippen molar-refractivity contribution in [3.05, 3.63) is 96.3 Å². The van der Waals surface area contributed by atoms with Gasteiger partial charge in [0.1, 0.15) is 11.6 Å². The average Bonchev–Trinajstić information content (AvgIpc) is 3.15. The molecule has 0 aliphatic carbocycles. The van der Waals surface area contributed by atoms with Crippen LogP contribution in [0.4, 0.5) is 16.2 Å². The third-order valence-electron chi connectivity index (χ3n) is 4.98. The molecule has 6 nitrogen and oxygen atoms in total. The van der Waals surface area contributed by atoms with Crippen LogP contribution < -0.4 is 11.1 Å². The van der Waals surface area contributed by atoms with Crippen LogP contribution in [0.15, 0.2) is 84.9 Å². The van der Waals surface area contributed by atoms with Crippen molar-refractivity contribution in [2.75, 3.05) is 11.1 Å². The fraction of sp³-hybridized carbons (Fsp3) is 0.0417. The lowest BCUT2D eigenvalue weighted by Crippen LogP contribution is -2.05. The second-order valence-corrected chi connectivity index (χ2v) is 7.07. The molecule has 5 rings (SSSR count). The minimum atomic E-state index is -0.323. The monoisotopic (exact) mass is 410 g/mol. The van der Waals surface area contributed by atoms with Gasteiger partial charge in [0.2, 0.25) is 5.95 Å². The molecule has 0 fully saturated rings. The molecule has 2 aromatic heterocycles. The number of halogens is 1. The molecule has 0 spiro atoms. The highest BCUT2D eigenvalue weighted by Crippen LogP contribution is 2.32. The number of benzene rings is 3. The molecule has 0 amide bonds. The molecule has 0 radical (unpaired) electrons. The lowest BCUT2D eigenvalue weighted by atomic mass is 10.1.